The predicted molar refractivity (Wildman–Crippen MR) is 70.9 cm³/mol. The molecule has 2 atom stereocenters. The SMILES string of the molecule is O=C(O)C1CNC(c2ccccc2C2(CO)CC2)C1. The number of rotatable bonds is 4. The Balaban J connectivity index is 1.88. The molecule has 1 saturated heterocycles. The Morgan fingerprint density at radius 1 is 1.37 bits per heavy atom. The summed E-state index contributed by atoms with van der Waals surface area (Å²) in [5.41, 5.74) is 2.29. The summed E-state index contributed by atoms with van der Waals surface area (Å²) in [4.78, 5) is 11.0. The fourth-order valence-electron chi connectivity index (χ4n) is 3.11. The van der Waals surface area contributed by atoms with Crippen LogP contribution in [0.4, 0.5) is 0 Å². The molecule has 2 fully saturated rings. The van der Waals surface area contributed by atoms with Crippen molar-refractivity contribution in [3.8, 4) is 0 Å². The summed E-state index contributed by atoms with van der Waals surface area (Å²) in [5, 5.41) is 22.0. The van der Waals surface area contributed by atoms with E-state index in [9.17, 15) is 9.90 Å². The van der Waals surface area contributed by atoms with Gasteiger partial charge in [0.05, 0.1) is 12.5 Å². The van der Waals surface area contributed by atoms with Crippen molar-refractivity contribution in [2.24, 2.45) is 5.92 Å². The van der Waals surface area contributed by atoms with Crippen LogP contribution in [0.2, 0.25) is 0 Å². The lowest BCUT2D eigenvalue weighted by atomic mass is 9.87. The minimum absolute atomic E-state index is 0.0699. The second-order valence-corrected chi connectivity index (χ2v) is 5.76. The van der Waals surface area contributed by atoms with Crippen molar-refractivity contribution in [1.29, 1.82) is 0 Å². The first-order valence-electron chi connectivity index (χ1n) is 6.83. The summed E-state index contributed by atoms with van der Waals surface area (Å²) in [6, 6.07) is 8.22. The monoisotopic (exact) mass is 261 g/mol. The number of carbonyl (C=O) groups is 1. The average Bonchev–Trinajstić information content (AvgIpc) is 3.07. The maximum atomic E-state index is 11.0. The Bertz CT molecular complexity index is 496. The van der Waals surface area contributed by atoms with Crippen LogP contribution in [-0.4, -0.2) is 29.3 Å². The standard InChI is InChI=1S/C15H19NO3/c17-9-15(5-6-15)12-4-2-1-3-11(12)13-7-10(8-16-13)14(18)19/h1-4,10,13,16-17H,5-9H2,(H,18,19). The third-order valence-corrected chi connectivity index (χ3v) is 4.54. The molecule has 0 aromatic heterocycles. The second kappa shape index (κ2) is 4.62. The molecule has 1 heterocycles. The lowest BCUT2D eigenvalue weighted by Crippen LogP contribution is -2.20. The molecular weight excluding hydrogens is 242 g/mol. The molecule has 0 amide bonds. The highest BCUT2D eigenvalue weighted by Gasteiger charge is 2.46. The number of aliphatic carboxylic acids is 1. The van der Waals surface area contributed by atoms with Crippen LogP contribution in [-0.2, 0) is 10.2 Å². The van der Waals surface area contributed by atoms with Crippen molar-refractivity contribution >= 4 is 5.97 Å². The highest BCUT2D eigenvalue weighted by Crippen LogP contribution is 2.50. The molecule has 1 aromatic carbocycles. The third kappa shape index (κ3) is 2.15. The van der Waals surface area contributed by atoms with E-state index in [1.807, 2.05) is 12.1 Å². The molecule has 0 bridgehead atoms. The molecule has 102 valence electrons. The van der Waals surface area contributed by atoms with E-state index in [1.165, 1.54) is 5.56 Å². The number of nitrogens with one attached hydrogen (secondary N) is 1. The average molecular weight is 261 g/mol. The van der Waals surface area contributed by atoms with Gasteiger partial charge in [-0.3, -0.25) is 4.79 Å². The van der Waals surface area contributed by atoms with Gasteiger partial charge >= 0.3 is 5.97 Å². The summed E-state index contributed by atoms with van der Waals surface area (Å²) in [5.74, 6) is -1.03. The first kappa shape index (κ1) is 12.6. The van der Waals surface area contributed by atoms with Crippen molar-refractivity contribution in [3.05, 3.63) is 35.4 Å². The topological polar surface area (TPSA) is 69.6 Å². The lowest BCUT2D eigenvalue weighted by molar-refractivity contribution is -0.141. The van der Waals surface area contributed by atoms with Crippen LogP contribution in [0.3, 0.4) is 0 Å². The smallest absolute Gasteiger partial charge is 0.307 e. The quantitative estimate of drug-likeness (QED) is 0.767. The van der Waals surface area contributed by atoms with Gasteiger partial charge in [0.1, 0.15) is 0 Å². The molecule has 4 heteroatoms. The van der Waals surface area contributed by atoms with E-state index < -0.39 is 5.97 Å². The highest BCUT2D eigenvalue weighted by atomic mass is 16.4. The van der Waals surface area contributed by atoms with Crippen LogP contribution in [0.15, 0.2) is 24.3 Å². The molecule has 0 radical (unpaired) electrons. The van der Waals surface area contributed by atoms with Crippen LogP contribution < -0.4 is 5.32 Å². The first-order valence-corrected chi connectivity index (χ1v) is 6.83. The molecule has 0 spiro atoms. The van der Waals surface area contributed by atoms with Crippen LogP contribution in [0.25, 0.3) is 0 Å². The molecule has 1 saturated carbocycles. The molecule has 1 aliphatic carbocycles. The maximum absolute atomic E-state index is 11.0. The van der Waals surface area contributed by atoms with E-state index in [1.54, 1.807) is 0 Å². The van der Waals surface area contributed by atoms with Crippen LogP contribution >= 0.6 is 0 Å². The Kier molecular flexibility index (Phi) is 3.07. The van der Waals surface area contributed by atoms with Gasteiger partial charge in [-0.1, -0.05) is 24.3 Å². The molecule has 2 aliphatic rings. The summed E-state index contributed by atoms with van der Waals surface area (Å²) in [6.07, 6.45) is 2.68. The zero-order chi connectivity index (χ0) is 13.5. The van der Waals surface area contributed by atoms with Gasteiger partial charge in [0.15, 0.2) is 0 Å². The maximum Gasteiger partial charge on any atom is 0.307 e. The fourth-order valence-corrected chi connectivity index (χ4v) is 3.11. The number of hydrogen-bond donors (Lipinski definition) is 3. The van der Waals surface area contributed by atoms with Gasteiger partial charge in [-0.25, -0.2) is 0 Å². The number of aliphatic hydroxyl groups excluding tert-OH is 1. The first-order chi connectivity index (χ1) is 9.16. The third-order valence-electron chi connectivity index (χ3n) is 4.54. The molecule has 3 rings (SSSR count). The normalized spacial score (nSPS) is 28.3. The predicted octanol–water partition coefficient (Wildman–Crippen LogP) is 1.45. The summed E-state index contributed by atoms with van der Waals surface area (Å²) in [7, 11) is 0. The van der Waals surface area contributed by atoms with Crippen molar-refractivity contribution < 1.29 is 15.0 Å². The van der Waals surface area contributed by atoms with Gasteiger partial charge in [-0.15, -0.1) is 0 Å². The fraction of sp³-hybridized carbons (Fsp3) is 0.533. The van der Waals surface area contributed by atoms with Crippen molar-refractivity contribution in [1.82, 2.24) is 5.32 Å². The Labute approximate surface area is 112 Å². The van der Waals surface area contributed by atoms with Crippen molar-refractivity contribution in [3.63, 3.8) is 0 Å². The number of benzene rings is 1. The lowest BCUT2D eigenvalue weighted by Gasteiger charge is -2.21. The van der Waals surface area contributed by atoms with Gasteiger partial charge in [0, 0.05) is 18.0 Å². The zero-order valence-corrected chi connectivity index (χ0v) is 10.8. The van der Waals surface area contributed by atoms with E-state index in [4.69, 9.17) is 5.11 Å². The van der Waals surface area contributed by atoms with Crippen molar-refractivity contribution in [2.75, 3.05) is 13.2 Å². The summed E-state index contributed by atoms with van der Waals surface area (Å²) >= 11 is 0. The van der Waals surface area contributed by atoms with Gasteiger partial charge in [-0.2, -0.15) is 0 Å². The molecule has 19 heavy (non-hydrogen) atoms. The van der Waals surface area contributed by atoms with Gasteiger partial charge in [-0.05, 0) is 30.4 Å². The molecule has 3 N–H and O–H groups in total. The van der Waals surface area contributed by atoms with E-state index in [-0.39, 0.29) is 24.0 Å². The number of hydrogen-bond acceptors (Lipinski definition) is 3. The molecular formula is C15H19NO3. The molecule has 1 aromatic rings. The van der Waals surface area contributed by atoms with Crippen molar-refractivity contribution in [2.45, 2.75) is 30.7 Å². The van der Waals surface area contributed by atoms with Gasteiger partial charge < -0.3 is 15.5 Å². The summed E-state index contributed by atoms with van der Waals surface area (Å²) in [6.45, 7) is 0.708. The summed E-state index contributed by atoms with van der Waals surface area (Å²) < 4.78 is 0. The van der Waals surface area contributed by atoms with Gasteiger partial charge in [0.2, 0.25) is 0 Å². The van der Waals surface area contributed by atoms with Gasteiger partial charge in [0.25, 0.3) is 0 Å². The zero-order valence-electron chi connectivity index (χ0n) is 10.8. The Morgan fingerprint density at radius 3 is 2.68 bits per heavy atom. The minimum Gasteiger partial charge on any atom is -0.481 e. The Hall–Kier alpha value is -1.39. The van der Waals surface area contributed by atoms with E-state index in [2.05, 4.69) is 17.4 Å². The molecule has 4 nitrogen and oxygen atoms in total. The van der Waals surface area contributed by atoms with E-state index in [0.717, 1.165) is 18.4 Å². The number of aliphatic hydroxyl groups is 1. The van der Waals surface area contributed by atoms with Crippen LogP contribution in [0, 0.1) is 5.92 Å². The van der Waals surface area contributed by atoms with E-state index >= 15 is 0 Å². The minimum atomic E-state index is -0.726. The van der Waals surface area contributed by atoms with E-state index in [0.29, 0.717) is 13.0 Å². The Morgan fingerprint density at radius 2 is 2.11 bits per heavy atom. The number of carboxylic acids is 1. The van der Waals surface area contributed by atoms with Crippen LogP contribution in [0.5, 0.6) is 0 Å². The largest absolute Gasteiger partial charge is 0.481 e. The molecule has 2 unspecified atom stereocenters. The highest BCUT2D eigenvalue weighted by molar-refractivity contribution is 5.71. The second-order valence-electron chi connectivity index (χ2n) is 5.76. The molecule has 1 aliphatic heterocycles. The number of carboxylic acid groups (broad SMARTS) is 1. The van der Waals surface area contributed by atoms with Crippen LogP contribution in [0.1, 0.15) is 36.4 Å².